The minimum atomic E-state index is -0.180. The van der Waals surface area contributed by atoms with E-state index in [0.29, 0.717) is 24.6 Å². The lowest BCUT2D eigenvalue weighted by Crippen LogP contribution is -2.23. The molecule has 3 aromatic heterocycles. The van der Waals surface area contributed by atoms with Crippen LogP contribution in [0.5, 0.6) is 5.75 Å². The lowest BCUT2D eigenvalue weighted by atomic mass is 10.0. The van der Waals surface area contributed by atoms with E-state index in [1.54, 1.807) is 12.3 Å². The molecule has 3 heterocycles. The standard InChI is InChI=1S/C29H26N4O2/c1-3-30-29(34)25-15-14-24(18-31-25)27-20(2)32-28-26(13-8-16-33(27)28)35-19-21-9-7-12-23(17-21)22-10-5-4-6-11-22/h4-18H,3,19H2,1-2H3,(H,30,34). The zero-order valence-corrected chi connectivity index (χ0v) is 19.7. The molecule has 5 rings (SSSR count). The van der Waals surface area contributed by atoms with E-state index in [9.17, 15) is 4.79 Å². The highest BCUT2D eigenvalue weighted by Gasteiger charge is 2.16. The predicted molar refractivity (Wildman–Crippen MR) is 137 cm³/mol. The van der Waals surface area contributed by atoms with Crippen LogP contribution in [-0.2, 0) is 6.61 Å². The molecule has 6 nitrogen and oxygen atoms in total. The molecule has 0 spiro atoms. The highest BCUT2D eigenvalue weighted by atomic mass is 16.5. The summed E-state index contributed by atoms with van der Waals surface area (Å²) >= 11 is 0. The number of nitrogens with zero attached hydrogens (tertiary/aromatic N) is 3. The Morgan fingerprint density at radius 2 is 1.77 bits per heavy atom. The minimum Gasteiger partial charge on any atom is -0.485 e. The van der Waals surface area contributed by atoms with Gasteiger partial charge >= 0.3 is 0 Å². The molecule has 0 aliphatic heterocycles. The first-order chi connectivity index (χ1) is 17.1. The topological polar surface area (TPSA) is 68.5 Å². The number of amides is 1. The zero-order valence-electron chi connectivity index (χ0n) is 19.7. The summed E-state index contributed by atoms with van der Waals surface area (Å²) in [6, 6.07) is 26.2. The van der Waals surface area contributed by atoms with Crippen LogP contribution in [0.15, 0.2) is 91.3 Å². The Bertz CT molecular complexity index is 1470. The summed E-state index contributed by atoms with van der Waals surface area (Å²) in [4.78, 5) is 21.2. The van der Waals surface area contributed by atoms with Crippen LogP contribution in [0.4, 0.5) is 0 Å². The first-order valence-electron chi connectivity index (χ1n) is 11.6. The number of carbonyl (C=O) groups excluding carboxylic acids is 1. The van der Waals surface area contributed by atoms with E-state index in [0.717, 1.165) is 33.7 Å². The van der Waals surface area contributed by atoms with Crippen molar-refractivity contribution < 1.29 is 9.53 Å². The number of hydrogen-bond acceptors (Lipinski definition) is 4. The molecular weight excluding hydrogens is 436 g/mol. The van der Waals surface area contributed by atoms with Gasteiger partial charge in [0.05, 0.1) is 11.4 Å². The van der Waals surface area contributed by atoms with Crippen molar-refractivity contribution in [3.8, 4) is 28.1 Å². The molecule has 0 atom stereocenters. The molecule has 0 unspecified atom stereocenters. The SMILES string of the molecule is CCNC(=O)c1ccc(-c2c(C)nc3c(OCc4cccc(-c5ccccc5)c4)cccn23)cn1. The van der Waals surface area contributed by atoms with Gasteiger partial charge in [-0.3, -0.25) is 14.2 Å². The summed E-state index contributed by atoms with van der Waals surface area (Å²) in [5, 5.41) is 2.77. The van der Waals surface area contributed by atoms with Gasteiger partial charge in [0.1, 0.15) is 12.3 Å². The maximum atomic E-state index is 12.0. The summed E-state index contributed by atoms with van der Waals surface area (Å²) in [5.41, 5.74) is 7.23. The molecule has 1 amide bonds. The van der Waals surface area contributed by atoms with E-state index in [1.807, 2.05) is 60.8 Å². The van der Waals surface area contributed by atoms with Crippen molar-refractivity contribution in [2.45, 2.75) is 20.5 Å². The van der Waals surface area contributed by atoms with Crippen LogP contribution >= 0.6 is 0 Å². The summed E-state index contributed by atoms with van der Waals surface area (Å²) < 4.78 is 8.23. The van der Waals surface area contributed by atoms with Crippen LogP contribution < -0.4 is 10.1 Å². The third kappa shape index (κ3) is 4.64. The van der Waals surface area contributed by atoms with E-state index in [2.05, 4.69) is 46.7 Å². The maximum Gasteiger partial charge on any atom is 0.269 e. The Kier molecular flexibility index (Phi) is 6.26. The molecule has 1 N–H and O–H groups in total. The number of aromatic nitrogens is 3. The second-order valence-corrected chi connectivity index (χ2v) is 8.26. The number of pyridine rings is 2. The average molecular weight is 463 g/mol. The van der Waals surface area contributed by atoms with Gasteiger partial charge in [-0.25, -0.2) is 4.98 Å². The fourth-order valence-electron chi connectivity index (χ4n) is 4.17. The second-order valence-electron chi connectivity index (χ2n) is 8.26. The van der Waals surface area contributed by atoms with Crippen LogP contribution in [-0.4, -0.2) is 26.8 Å². The summed E-state index contributed by atoms with van der Waals surface area (Å²) in [7, 11) is 0. The van der Waals surface area contributed by atoms with Gasteiger partial charge in [-0.05, 0) is 60.9 Å². The number of imidazole rings is 1. The Labute approximate surface area is 204 Å². The third-order valence-electron chi connectivity index (χ3n) is 5.82. The largest absolute Gasteiger partial charge is 0.485 e. The number of fused-ring (bicyclic) bond motifs is 1. The van der Waals surface area contributed by atoms with Crippen LogP contribution in [0.25, 0.3) is 28.0 Å². The van der Waals surface area contributed by atoms with Gasteiger partial charge in [0, 0.05) is 24.5 Å². The molecule has 0 aliphatic carbocycles. The van der Waals surface area contributed by atoms with E-state index in [-0.39, 0.29) is 5.91 Å². The Balaban J connectivity index is 1.41. The van der Waals surface area contributed by atoms with Gasteiger partial charge in [-0.15, -0.1) is 0 Å². The predicted octanol–water partition coefficient (Wildman–Crippen LogP) is 5.70. The zero-order chi connectivity index (χ0) is 24.2. The van der Waals surface area contributed by atoms with Crippen molar-refractivity contribution in [3.63, 3.8) is 0 Å². The van der Waals surface area contributed by atoms with Gasteiger partial charge in [0.25, 0.3) is 5.91 Å². The van der Waals surface area contributed by atoms with Crippen molar-refractivity contribution >= 4 is 11.6 Å². The number of benzene rings is 2. The number of hydrogen-bond donors (Lipinski definition) is 1. The molecule has 0 saturated heterocycles. The molecule has 0 saturated carbocycles. The van der Waals surface area contributed by atoms with Gasteiger partial charge in [-0.1, -0.05) is 48.5 Å². The number of ether oxygens (including phenoxy) is 1. The monoisotopic (exact) mass is 462 g/mol. The normalized spacial score (nSPS) is 10.9. The summed E-state index contributed by atoms with van der Waals surface area (Å²) in [6.45, 7) is 4.85. The molecule has 5 aromatic rings. The van der Waals surface area contributed by atoms with Crippen molar-refractivity contribution in [1.29, 1.82) is 0 Å². The van der Waals surface area contributed by atoms with Crippen molar-refractivity contribution in [1.82, 2.24) is 19.7 Å². The Morgan fingerprint density at radius 3 is 2.54 bits per heavy atom. The Morgan fingerprint density at radius 1 is 0.943 bits per heavy atom. The van der Waals surface area contributed by atoms with E-state index < -0.39 is 0 Å². The lowest BCUT2D eigenvalue weighted by Gasteiger charge is -2.10. The number of rotatable bonds is 7. The molecule has 2 aromatic carbocycles. The van der Waals surface area contributed by atoms with E-state index in [4.69, 9.17) is 9.72 Å². The number of nitrogens with one attached hydrogen (secondary N) is 1. The van der Waals surface area contributed by atoms with Crippen molar-refractivity contribution in [3.05, 3.63) is 108 Å². The molecular formula is C29H26N4O2. The highest BCUT2D eigenvalue weighted by Crippen LogP contribution is 2.29. The van der Waals surface area contributed by atoms with Gasteiger partial charge in [-0.2, -0.15) is 0 Å². The summed E-state index contributed by atoms with van der Waals surface area (Å²) in [6.07, 6.45) is 3.68. The molecule has 0 bridgehead atoms. The van der Waals surface area contributed by atoms with Crippen LogP contribution in [0, 0.1) is 6.92 Å². The van der Waals surface area contributed by atoms with Crippen LogP contribution in [0.3, 0.4) is 0 Å². The first kappa shape index (κ1) is 22.3. The first-order valence-corrected chi connectivity index (χ1v) is 11.6. The fourth-order valence-corrected chi connectivity index (χ4v) is 4.17. The van der Waals surface area contributed by atoms with Gasteiger partial charge < -0.3 is 10.1 Å². The molecule has 0 radical (unpaired) electrons. The van der Waals surface area contributed by atoms with Crippen molar-refractivity contribution in [2.75, 3.05) is 6.54 Å². The highest BCUT2D eigenvalue weighted by molar-refractivity contribution is 5.92. The molecule has 35 heavy (non-hydrogen) atoms. The second kappa shape index (κ2) is 9.81. The number of carbonyl (C=O) groups is 1. The van der Waals surface area contributed by atoms with Crippen LogP contribution in [0.1, 0.15) is 28.7 Å². The Hall–Kier alpha value is -4.45. The minimum absolute atomic E-state index is 0.180. The van der Waals surface area contributed by atoms with Crippen molar-refractivity contribution in [2.24, 2.45) is 0 Å². The average Bonchev–Trinajstić information content (AvgIpc) is 3.24. The molecule has 6 heteroatoms. The fraction of sp³-hybridized carbons (Fsp3) is 0.138. The molecule has 0 fully saturated rings. The van der Waals surface area contributed by atoms with E-state index in [1.165, 1.54) is 5.56 Å². The maximum absolute atomic E-state index is 12.0. The van der Waals surface area contributed by atoms with Gasteiger partial charge in [0.15, 0.2) is 11.4 Å². The van der Waals surface area contributed by atoms with Gasteiger partial charge in [0.2, 0.25) is 0 Å². The van der Waals surface area contributed by atoms with Crippen LogP contribution in [0.2, 0.25) is 0 Å². The summed E-state index contributed by atoms with van der Waals surface area (Å²) in [5.74, 6) is 0.528. The lowest BCUT2D eigenvalue weighted by molar-refractivity contribution is 0.0951. The molecule has 174 valence electrons. The molecule has 0 aliphatic rings. The third-order valence-corrected chi connectivity index (χ3v) is 5.82. The smallest absolute Gasteiger partial charge is 0.269 e. The van der Waals surface area contributed by atoms with E-state index >= 15 is 0 Å². The number of aryl methyl sites for hydroxylation is 1. The quantitative estimate of drug-likeness (QED) is 0.337.